The van der Waals surface area contributed by atoms with Gasteiger partial charge in [-0.1, -0.05) is 13.0 Å². The number of pyridine rings is 1. The van der Waals surface area contributed by atoms with Crippen LogP contribution in [0.5, 0.6) is 0 Å². The molecule has 114 valence electrons. The van der Waals surface area contributed by atoms with Crippen LogP contribution in [0.2, 0.25) is 0 Å². The zero-order chi connectivity index (χ0) is 15.9. The third-order valence-electron chi connectivity index (χ3n) is 4.36. The second kappa shape index (κ2) is 5.40. The highest BCUT2D eigenvalue weighted by Crippen LogP contribution is 2.24. The van der Waals surface area contributed by atoms with Crippen molar-refractivity contribution in [3.63, 3.8) is 0 Å². The van der Waals surface area contributed by atoms with Gasteiger partial charge < -0.3 is 4.57 Å². The Balaban J connectivity index is 2.17. The first-order valence-corrected chi connectivity index (χ1v) is 7.48. The summed E-state index contributed by atoms with van der Waals surface area (Å²) in [6.07, 6.45) is 1.34. The van der Waals surface area contributed by atoms with Crippen LogP contribution < -0.4 is 11.0 Å². The minimum atomic E-state index is -0.0324. The SMILES string of the molecule is CCC1CC(=O)NN=C1c1ccc2c(c1)c(C)cc(=O)n2C. The molecule has 5 nitrogen and oxygen atoms in total. The first kappa shape index (κ1) is 14.5. The highest BCUT2D eigenvalue weighted by molar-refractivity contribution is 6.07. The van der Waals surface area contributed by atoms with Crippen LogP contribution >= 0.6 is 0 Å². The van der Waals surface area contributed by atoms with Crippen LogP contribution in [0.1, 0.15) is 30.9 Å². The van der Waals surface area contributed by atoms with Gasteiger partial charge in [0.25, 0.3) is 5.56 Å². The maximum atomic E-state index is 11.9. The Morgan fingerprint density at radius 1 is 1.32 bits per heavy atom. The maximum Gasteiger partial charge on any atom is 0.251 e. The van der Waals surface area contributed by atoms with E-state index in [0.717, 1.165) is 34.2 Å². The van der Waals surface area contributed by atoms with E-state index >= 15 is 0 Å². The number of amides is 1. The van der Waals surface area contributed by atoms with E-state index in [1.807, 2.05) is 19.1 Å². The molecule has 0 bridgehead atoms. The molecule has 1 aliphatic heterocycles. The van der Waals surface area contributed by atoms with Gasteiger partial charge in [0.05, 0.1) is 11.2 Å². The molecule has 0 saturated heterocycles. The molecule has 1 atom stereocenters. The summed E-state index contributed by atoms with van der Waals surface area (Å²) in [4.78, 5) is 23.4. The topological polar surface area (TPSA) is 63.5 Å². The molecule has 0 saturated carbocycles. The largest absolute Gasteiger partial charge is 0.311 e. The summed E-state index contributed by atoms with van der Waals surface area (Å²) in [6, 6.07) is 7.63. The van der Waals surface area contributed by atoms with Crippen molar-refractivity contribution in [1.29, 1.82) is 0 Å². The van der Waals surface area contributed by atoms with Gasteiger partial charge in [-0.3, -0.25) is 9.59 Å². The molecule has 0 spiro atoms. The number of carbonyl (C=O) groups excluding carboxylic acids is 1. The van der Waals surface area contributed by atoms with E-state index in [2.05, 4.69) is 23.5 Å². The summed E-state index contributed by atoms with van der Waals surface area (Å²) in [5, 5.41) is 5.29. The number of fused-ring (bicyclic) bond motifs is 1. The van der Waals surface area contributed by atoms with Crippen molar-refractivity contribution in [3.8, 4) is 0 Å². The minimum Gasteiger partial charge on any atom is -0.311 e. The van der Waals surface area contributed by atoms with E-state index < -0.39 is 0 Å². The number of aromatic nitrogens is 1. The molecule has 3 rings (SSSR count). The Morgan fingerprint density at radius 3 is 2.82 bits per heavy atom. The summed E-state index contributed by atoms with van der Waals surface area (Å²) in [7, 11) is 1.77. The van der Waals surface area contributed by atoms with Gasteiger partial charge >= 0.3 is 0 Å². The molecule has 1 amide bonds. The van der Waals surface area contributed by atoms with Gasteiger partial charge in [0, 0.05) is 30.8 Å². The second-order valence-electron chi connectivity index (χ2n) is 5.80. The highest BCUT2D eigenvalue weighted by atomic mass is 16.2. The number of aryl methyl sites for hydroxylation is 2. The van der Waals surface area contributed by atoms with Gasteiger partial charge in [-0.15, -0.1) is 0 Å². The van der Waals surface area contributed by atoms with Gasteiger partial charge in [-0.2, -0.15) is 5.10 Å². The maximum absolute atomic E-state index is 11.9. The molecule has 5 heteroatoms. The van der Waals surface area contributed by atoms with Crippen molar-refractivity contribution < 1.29 is 4.79 Å². The van der Waals surface area contributed by atoms with Crippen molar-refractivity contribution in [1.82, 2.24) is 9.99 Å². The monoisotopic (exact) mass is 297 g/mol. The fourth-order valence-corrected chi connectivity index (χ4v) is 3.00. The van der Waals surface area contributed by atoms with Crippen LogP contribution in [0, 0.1) is 12.8 Å². The lowest BCUT2D eigenvalue weighted by Crippen LogP contribution is -2.33. The highest BCUT2D eigenvalue weighted by Gasteiger charge is 2.24. The number of carbonyl (C=O) groups is 1. The average molecular weight is 297 g/mol. The molecule has 22 heavy (non-hydrogen) atoms. The standard InChI is InChI=1S/C17H19N3O2/c1-4-11-9-15(21)18-19-17(11)12-5-6-14-13(8-12)10(2)7-16(22)20(14)3/h5-8,11H,4,9H2,1-3H3,(H,18,21). The molecular formula is C17H19N3O2. The Kier molecular flexibility index (Phi) is 3.56. The average Bonchev–Trinajstić information content (AvgIpc) is 2.52. The molecule has 0 radical (unpaired) electrons. The predicted octanol–water partition coefficient (Wildman–Crippen LogP) is 2.10. The molecule has 1 aromatic heterocycles. The van der Waals surface area contributed by atoms with Gasteiger partial charge in [0.2, 0.25) is 5.91 Å². The molecule has 0 aliphatic carbocycles. The third kappa shape index (κ3) is 2.32. The smallest absolute Gasteiger partial charge is 0.251 e. The summed E-state index contributed by atoms with van der Waals surface area (Å²) in [5.41, 5.74) is 6.34. The lowest BCUT2D eigenvalue weighted by atomic mass is 9.89. The van der Waals surface area contributed by atoms with Gasteiger partial charge in [-0.05, 0) is 36.6 Å². The molecule has 1 aliphatic rings. The first-order valence-electron chi connectivity index (χ1n) is 7.48. The summed E-state index contributed by atoms with van der Waals surface area (Å²) in [6.45, 7) is 4.00. The van der Waals surface area contributed by atoms with E-state index in [-0.39, 0.29) is 17.4 Å². The number of nitrogens with zero attached hydrogens (tertiary/aromatic N) is 2. The van der Waals surface area contributed by atoms with Crippen LogP contribution in [0.15, 0.2) is 34.2 Å². The van der Waals surface area contributed by atoms with Crippen LogP contribution in [-0.2, 0) is 11.8 Å². The number of hydrazone groups is 1. The molecule has 2 heterocycles. The van der Waals surface area contributed by atoms with Crippen LogP contribution in [0.25, 0.3) is 10.9 Å². The number of hydrogen-bond acceptors (Lipinski definition) is 3. The molecule has 0 fully saturated rings. The number of rotatable bonds is 2. The molecule has 2 aromatic rings. The van der Waals surface area contributed by atoms with Crippen molar-refractivity contribution in [2.75, 3.05) is 0 Å². The molecule has 1 N–H and O–H groups in total. The van der Waals surface area contributed by atoms with Gasteiger partial charge in [-0.25, -0.2) is 5.43 Å². The second-order valence-corrected chi connectivity index (χ2v) is 5.80. The fourth-order valence-electron chi connectivity index (χ4n) is 3.00. The van der Waals surface area contributed by atoms with Crippen molar-refractivity contribution in [3.05, 3.63) is 45.7 Å². The lowest BCUT2D eigenvalue weighted by molar-refractivity contribution is -0.122. The Hall–Kier alpha value is -2.43. The molecule has 1 aromatic carbocycles. The molecular weight excluding hydrogens is 278 g/mol. The Morgan fingerprint density at radius 2 is 2.09 bits per heavy atom. The zero-order valence-electron chi connectivity index (χ0n) is 13.0. The summed E-state index contributed by atoms with van der Waals surface area (Å²) >= 11 is 0. The number of nitrogens with one attached hydrogen (secondary N) is 1. The Labute approximate surface area is 128 Å². The summed E-state index contributed by atoms with van der Waals surface area (Å²) < 4.78 is 1.65. The van der Waals surface area contributed by atoms with Crippen LogP contribution in [0.4, 0.5) is 0 Å². The van der Waals surface area contributed by atoms with Crippen LogP contribution in [0.3, 0.4) is 0 Å². The quantitative estimate of drug-likeness (QED) is 0.922. The normalized spacial score (nSPS) is 18.2. The third-order valence-corrected chi connectivity index (χ3v) is 4.36. The van der Waals surface area contributed by atoms with E-state index in [0.29, 0.717) is 6.42 Å². The molecule has 1 unspecified atom stereocenters. The first-order chi connectivity index (χ1) is 10.5. The van der Waals surface area contributed by atoms with Crippen molar-refractivity contribution in [2.24, 2.45) is 18.1 Å². The van der Waals surface area contributed by atoms with Gasteiger partial charge in [0.15, 0.2) is 0 Å². The van der Waals surface area contributed by atoms with Crippen molar-refractivity contribution >= 4 is 22.5 Å². The lowest BCUT2D eigenvalue weighted by Gasteiger charge is -2.22. The summed E-state index contributed by atoms with van der Waals surface area (Å²) in [5.74, 6) is 0.106. The number of hydrogen-bond donors (Lipinski definition) is 1. The zero-order valence-corrected chi connectivity index (χ0v) is 13.0. The van der Waals surface area contributed by atoms with Crippen LogP contribution in [-0.4, -0.2) is 16.2 Å². The Bertz CT molecular complexity index is 849. The van der Waals surface area contributed by atoms with Gasteiger partial charge in [0.1, 0.15) is 0 Å². The van der Waals surface area contributed by atoms with E-state index in [4.69, 9.17) is 0 Å². The van der Waals surface area contributed by atoms with E-state index in [1.165, 1.54) is 0 Å². The van der Waals surface area contributed by atoms with E-state index in [1.54, 1.807) is 17.7 Å². The number of benzene rings is 1. The fraction of sp³-hybridized carbons (Fsp3) is 0.353. The van der Waals surface area contributed by atoms with E-state index in [9.17, 15) is 9.59 Å². The van der Waals surface area contributed by atoms with Crippen molar-refractivity contribution in [2.45, 2.75) is 26.7 Å². The minimum absolute atomic E-state index is 0.00791. The predicted molar refractivity (Wildman–Crippen MR) is 87.0 cm³/mol.